The number of fused-ring (bicyclic) bond motifs is 1. The van der Waals surface area contributed by atoms with Crippen molar-refractivity contribution in [2.45, 2.75) is 66.2 Å². The maximum Gasteiger partial charge on any atom is 0.309 e. The average Bonchev–Trinajstić information content (AvgIpc) is 3.04. The van der Waals surface area contributed by atoms with Crippen LogP contribution in [-0.4, -0.2) is 46.5 Å². The first-order valence-electron chi connectivity index (χ1n) is 9.96. The van der Waals surface area contributed by atoms with Crippen LogP contribution >= 0.6 is 27.3 Å². The van der Waals surface area contributed by atoms with Crippen LogP contribution in [-0.2, 0) is 9.53 Å². The van der Waals surface area contributed by atoms with Gasteiger partial charge in [0.15, 0.2) is 5.78 Å². The number of rotatable bonds is 9. The van der Waals surface area contributed by atoms with Crippen LogP contribution in [0.3, 0.4) is 0 Å². The summed E-state index contributed by atoms with van der Waals surface area (Å²) in [5, 5.41) is 10.6. The van der Waals surface area contributed by atoms with Crippen LogP contribution < -0.4 is 0 Å². The molecule has 0 spiro atoms. The van der Waals surface area contributed by atoms with Gasteiger partial charge in [-0.3, -0.25) is 14.5 Å². The van der Waals surface area contributed by atoms with Crippen molar-refractivity contribution < 1.29 is 19.4 Å². The zero-order chi connectivity index (χ0) is 21.9. The SMILES string of the molecule is CCN(C(C)C)C(C)C(C)OC(=O)[C@@H](C)CC(=O)c1cc2cc(O)c(Br)cc2s1. The molecule has 0 bridgehead atoms. The van der Waals surface area contributed by atoms with E-state index >= 15 is 0 Å². The van der Waals surface area contributed by atoms with Crippen molar-refractivity contribution >= 4 is 49.1 Å². The first-order chi connectivity index (χ1) is 13.5. The number of benzene rings is 1. The molecule has 0 aliphatic heterocycles. The van der Waals surface area contributed by atoms with E-state index in [1.807, 2.05) is 6.92 Å². The minimum atomic E-state index is -0.517. The maximum atomic E-state index is 12.7. The minimum Gasteiger partial charge on any atom is -0.507 e. The molecular weight excluding hydrogens is 454 g/mol. The molecule has 0 fully saturated rings. The van der Waals surface area contributed by atoms with Gasteiger partial charge in [-0.05, 0) is 73.8 Å². The molecule has 0 radical (unpaired) electrons. The van der Waals surface area contributed by atoms with Gasteiger partial charge < -0.3 is 9.84 Å². The van der Waals surface area contributed by atoms with Gasteiger partial charge in [0.1, 0.15) is 11.9 Å². The quantitative estimate of drug-likeness (QED) is 0.369. The van der Waals surface area contributed by atoms with Gasteiger partial charge in [0.2, 0.25) is 0 Å². The highest BCUT2D eigenvalue weighted by Gasteiger charge is 2.27. The predicted octanol–water partition coefficient (Wildman–Crippen LogP) is 5.63. The van der Waals surface area contributed by atoms with E-state index in [4.69, 9.17) is 4.74 Å². The molecule has 1 aromatic carbocycles. The standard InChI is InChI=1S/C22H30BrNO4S/c1-7-24(12(2)3)14(5)15(6)28-22(27)13(4)8-19(26)21-10-16-9-18(25)17(23)11-20(16)29-21/h9-15,25H,7-8H2,1-6H3/t13-,14?,15?/m0/s1. The number of carbonyl (C=O) groups excluding carboxylic acids is 2. The Kier molecular flexibility index (Phi) is 8.26. The lowest BCUT2D eigenvalue weighted by Crippen LogP contribution is -2.46. The number of hydrogen-bond acceptors (Lipinski definition) is 6. The minimum absolute atomic E-state index is 0.0932. The Bertz CT molecular complexity index is 840. The Morgan fingerprint density at radius 1 is 1.17 bits per heavy atom. The summed E-state index contributed by atoms with van der Waals surface area (Å²) in [6, 6.07) is 5.64. The Morgan fingerprint density at radius 3 is 2.41 bits per heavy atom. The van der Waals surface area contributed by atoms with Crippen molar-refractivity contribution in [3.63, 3.8) is 0 Å². The molecule has 1 aromatic heterocycles. The summed E-state index contributed by atoms with van der Waals surface area (Å²) in [5.74, 6) is -0.822. The van der Waals surface area contributed by atoms with Crippen LogP contribution in [0.25, 0.3) is 10.1 Å². The van der Waals surface area contributed by atoms with Crippen molar-refractivity contribution in [2.24, 2.45) is 5.92 Å². The van der Waals surface area contributed by atoms with Gasteiger partial charge in [0.05, 0.1) is 15.3 Å². The molecule has 3 atom stereocenters. The predicted molar refractivity (Wildman–Crippen MR) is 122 cm³/mol. The Morgan fingerprint density at radius 2 is 1.83 bits per heavy atom. The topological polar surface area (TPSA) is 66.8 Å². The molecule has 0 aliphatic carbocycles. The van der Waals surface area contributed by atoms with Gasteiger partial charge in [0, 0.05) is 23.2 Å². The van der Waals surface area contributed by atoms with E-state index in [1.54, 1.807) is 25.1 Å². The number of phenols is 1. The molecule has 0 saturated heterocycles. The number of thiophene rings is 1. The summed E-state index contributed by atoms with van der Waals surface area (Å²) in [6.07, 6.45) is -0.159. The van der Waals surface area contributed by atoms with E-state index in [0.717, 1.165) is 16.6 Å². The second-order valence-electron chi connectivity index (χ2n) is 7.79. The van der Waals surface area contributed by atoms with E-state index in [-0.39, 0.29) is 36.1 Å². The number of Topliss-reactive ketones (excluding diaryl/α,β-unsaturated/α-hetero) is 1. The van der Waals surface area contributed by atoms with Crippen LogP contribution in [0.4, 0.5) is 0 Å². The highest BCUT2D eigenvalue weighted by atomic mass is 79.9. The third-order valence-corrected chi connectivity index (χ3v) is 7.06. The van der Waals surface area contributed by atoms with Crippen molar-refractivity contribution in [3.8, 4) is 5.75 Å². The van der Waals surface area contributed by atoms with E-state index in [0.29, 0.717) is 15.4 Å². The largest absolute Gasteiger partial charge is 0.507 e. The summed E-state index contributed by atoms with van der Waals surface area (Å²) in [7, 11) is 0. The highest BCUT2D eigenvalue weighted by molar-refractivity contribution is 9.10. The molecule has 2 aromatic rings. The number of likely N-dealkylation sites (N-methyl/N-ethyl adjacent to an activating group) is 1. The van der Waals surface area contributed by atoms with Crippen LogP contribution in [0.2, 0.25) is 0 Å². The average molecular weight is 484 g/mol. The van der Waals surface area contributed by atoms with E-state index in [9.17, 15) is 14.7 Å². The molecule has 0 amide bonds. The summed E-state index contributed by atoms with van der Waals surface area (Å²) in [5.41, 5.74) is 0. The molecule has 1 N–H and O–H groups in total. The molecule has 2 unspecified atom stereocenters. The van der Waals surface area contributed by atoms with Gasteiger partial charge in [-0.2, -0.15) is 0 Å². The fraction of sp³-hybridized carbons (Fsp3) is 0.545. The first kappa shape index (κ1) is 23.8. The first-order valence-corrected chi connectivity index (χ1v) is 11.6. The van der Waals surface area contributed by atoms with E-state index in [2.05, 4.69) is 48.5 Å². The third kappa shape index (κ3) is 5.80. The monoisotopic (exact) mass is 483 g/mol. The summed E-state index contributed by atoms with van der Waals surface area (Å²) in [6.45, 7) is 12.9. The normalized spacial score (nSPS) is 14.9. The van der Waals surface area contributed by atoms with Crippen molar-refractivity contribution in [1.29, 1.82) is 0 Å². The van der Waals surface area contributed by atoms with Gasteiger partial charge in [-0.25, -0.2) is 0 Å². The summed E-state index contributed by atoms with van der Waals surface area (Å²) in [4.78, 5) is 28.1. The van der Waals surface area contributed by atoms with Crippen molar-refractivity contribution in [1.82, 2.24) is 4.90 Å². The number of ether oxygens (including phenoxy) is 1. The van der Waals surface area contributed by atoms with Gasteiger partial charge in [0.25, 0.3) is 0 Å². The molecular formula is C22H30BrNO4S. The molecule has 2 rings (SSSR count). The van der Waals surface area contributed by atoms with Gasteiger partial charge in [-0.1, -0.05) is 13.8 Å². The van der Waals surface area contributed by atoms with Crippen LogP contribution in [0.5, 0.6) is 5.75 Å². The number of ketones is 1. The number of halogens is 1. The molecule has 1 heterocycles. The van der Waals surface area contributed by atoms with Crippen molar-refractivity contribution in [2.75, 3.05) is 6.54 Å². The second kappa shape index (κ2) is 10.0. The Labute approximate surface area is 185 Å². The molecule has 29 heavy (non-hydrogen) atoms. The van der Waals surface area contributed by atoms with Crippen LogP contribution in [0.1, 0.15) is 57.6 Å². The summed E-state index contributed by atoms with van der Waals surface area (Å²) >= 11 is 4.65. The zero-order valence-electron chi connectivity index (χ0n) is 17.9. The zero-order valence-corrected chi connectivity index (χ0v) is 20.3. The fourth-order valence-corrected chi connectivity index (χ4v) is 4.97. The number of nitrogens with zero attached hydrogens (tertiary/aromatic N) is 1. The third-order valence-electron chi connectivity index (χ3n) is 5.29. The molecule has 160 valence electrons. The van der Waals surface area contributed by atoms with Gasteiger partial charge >= 0.3 is 5.97 Å². The molecule has 7 heteroatoms. The lowest BCUT2D eigenvalue weighted by atomic mass is 10.0. The number of esters is 1. The van der Waals surface area contributed by atoms with Crippen molar-refractivity contribution in [3.05, 3.63) is 27.5 Å². The lowest BCUT2D eigenvalue weighted by molar-refractivity contribution is -0.156. The van der Waals surface area contributed by atoms with Crippen LogP contribution in [0, 0.1) is 5.92 Å². The highest BCUT2D eigenvalue weighted by Crippen LogP contribution is 2.35. The van der Waals surface area contributed by atoms with Crippen LogP contribution in [0.15, 0.2) is 22.7 Å². The molecule has 0 saturated carbocycles. The summed E-state index contributed by atoms with van der Waals surface area (Å²) < 4.78 is 7.16. The number of aromatic hydroxyl groups is 1. The van der Waals surface area contributed by atoms with E-state index < -0.39 is 5.92 Å². The lowest BCUT2D eigenvalue weighted by Gasteiger charge is -2.35. The van der Waals surface area contributed by atoms with E-state index in [1.165, 1.54) is 11.3 Å². The molecule has 0 aliphatic rings. The Hall–Kier alpha value is -1.44. The maximum absolute atomic E-state index is 12.7. The fourth-order valence-electron chi connectivity index (χ4n) is 3.44. The smallest absolute Gasteiger partial charge is 0.309 e. The second-order valence-corrected chi connectivity index (χ2v) is 9.73. The molecule has 5 nitrogen and oxygen atoms in total. The number of phenolic OH excluding ortho intramolecular Hbond substituents is 1. The Balaban J connectivity index is 2.00. The number of hydrogen-bond donors (Lipinski definition) is 1. The number of carbonyl (C=O) groups is 2. The van der Waals surface area contributed by atoms with Gasteiger partial charge in [-0.15, -0.1) is 11.3 Å².